The number of aromatic amines is 1. The second kappa shape index (κ2) is 3.87. The fourth-order valence-electron chi connectivity index (χ4n) is 1.39. The van der Waals surface area contributed by atoms with Gasteiger partial charge < -0.3 is 0 Å². The Kier molecular flexibility index (Phi) is 2.56. The van der Waals surface area contributed by atoms with Crippen LogP contribution in [0.2, 0.25) is 5.02 Å². The number of nitrogens with zero attached hydrogens (tertiary/aromatic N) is 1. The third-order valence-electron chi connectivity index (χ3n) is 2.15. The van der Waals surface area contributed by atoms with E-state index >= 15 is 0 Å². The van der Waals surface area contributed by atoms with Crippen LogP contribution in [0.5, 0.6) is 0 Å². The van der Waals surface area contributed by atoms with Crippen LogP contribution in [0, 0.1) is 6.92 Å². The van der Waals surface area contributed by atoms with Crippen LogP contribution >= 0.6 is 11.6 Å². The second-order valence-electron chi connectivity index (χ2n) is 3.24. The van der Waals surface area contributed by atoms with Crippen LogP contribution in [0.4, 0.5) is 0 Å². The third kappa shape index (κ3) is 2.07. The van der Waals surface area contributed by atoms with E-state index in [0.29, 0.717) is 5.02 Å². The van der Waals surface area contributed by atoms with Gasteiger partial charge in [0.1, 0.15) is 0 Å². The standard InChI is InChI=1S/C11H9ClN2O/c1-7-10(6-11(15)14-13-7)8-2-4-9(12)5-3-8/h2-6H,1H3,(H,14,15). The van der Waals surface area contributed by atoms with E-state index in [0.717, 1.165) is 16.8 Å². The van der Waals surface area contributed by atoms with Crippen LogP contribution in [-0.2, 0) is 0 Å². The number of hydrogen-bond donors (Lipinski definition) is 1. The molecule has 0 spiro atoms. The van der Waals surface area contributed by atoms with Crippen molar-refractivity contribution in [3.05, 3.63) is 51.4 Å². The molecule has 1 aromatic carbocycles. The molecule has 0 atom stereocenters. The Morgan fingerprint density at radius 3 is 2.60 bits per heavy atom. The number of nitrogens with one attached hydrogen (secondary N) is 1. The van der Waals surface area contributed by atoms with Gasteiger partial charge in [-0.1, -0.05) is 23.7 Å². The highest BCUT2D eigenvalue weighted by molar-refractivity contribution is 6.30. The lowest BCUT2D eigenvalue weighted by Crippen LogP contribution is -2.08. The van der Waals surface area contributed by atoms with Gasteiger partial charge in [0.2, 0.25) is 0 Å². The van der Waals surface area contributed by atoms with Crippen molar-refractivity contribution >= 4 is 11.6 Å². The van der Waals surface area contributed by atoms with Gasteiger partial charge in [0.25, 0.3) is 5.56 Å². The molecule has 0 saturated heterocycles. The first-order chi connectivity index (χ1) is 7.16. The van der Waals surface area contributed by atoms with Gasteiger partial charge in [-0.05, 0) is 24.6 Å². The topological polar surface area (TPSA) is 45.8 Å². The number of benzene rings is 1. The molecule has 0 amide bonds. The van der Waals surface area contributed by atoms with E-state index in [9.17, 15) is 4.79 Å². The first-order valence-electron chi connectivity index (χ1n) is 4.49. The molecule has 76 valence electrons. The summed E-state index contributed by atoms with van der Waals surface area (Å²) < 4.78 is 0. The molecule has 1 N–H and O–H groups in total. The Labute approximate surface area is 91.7 Å². The molecule has 2 rings (SSSR count). The Balaban J connectivity index is 2.58. The van der Waals surface area contributed by atoms with Crippen molar-refractivity contribution in [2.75, 3.05) is 0 Å². The Morgan fingerprint density at radius 1 is 1.27 bits per heavy atom. The molecular formula is C11H9ClN2O. The number of H-pyrrole nitrogens is 1. The molecular weight excluding hydrogens is 212 g/mol. The molecule has 15 heavy (non-hydrogen) atoms. The van der Waals surface area contributed by atoms with Crippen molar-refractivity contribution in [3.63, 3.8) is 0 Å². The number of halogens is 1. The first kappa shape index (κ1) is 9.93. The predicted molar refractivity (Wildman–Crippen MR) is 60.0 cm³/mol. The van der Waals surface area contributed by atoms with Gasteiger partial charge >= 0.3 is 0 Å². The molecule has 0 aliphatic carbocycles. The molecule has 4 heteroatoms. The van der Waals surface area contributed by atoms with Crippen molar-refractivity contribution in [2.45, 2.75) is 6.92 Å². The van der Waals surface area contributed by atoms with Crippen molar-refractivity contribution < 1.29 is 0 Å². The highest BCUT2D eigenvalue weighted by atomic mass is 35.5. The average molecular weight is 221 g/mol. The van der Waals surface area contributed by atoms with Gasteiger partial charge in [0, 0.05) is 16.7 Å². The van der Waals surface area contributed by atoms with Gasteiger partial charge in [-0.15, -0.1) is 0 Å². The van der Waals surface area contributed by atoms with E-state index in [-0.39, 0.29) is 5.56 Å². The second-order valence-corrected chi connectivity index (χ2v) is 3.67. The highest BCUT2D eigenvalue weighted by Crippen LogP contribution is 2.21. The van der Waals surface area contributed by atoms with Crippen molar-refractivity contribution in [1.82, 2.24) is 10.2 Å². The summed E-state index contributed by atoms with van der Waals surface area (Å²) in [6, 6.07) is 8.85. The van der Waals surface area contributed by atoms with E-state index in [4.69, 9.17) is 11.6 Å². The molecule has 0 aliphatic rings. The van der Waals surface area contributed by atoms with E-state index in [1.54, 1.807) is 12.1 Å². The number of rotatable bonds is 1. The number of aromatic nitrogens is 2. The molecule has 0 saturated carbocycles. The van der Waals surface area contributed by atoms with Crippen molar-refractivity contribution in [2.24, 2.45) is 0 Å². The molecule has 0 bridgehead atoms. The Morgan fingerprint density at radius 2 is 1.93 bits per heavy atom. The fraction of sp³-hybridized carbons (Fsp3) is 0.0909. The normalized spacial score (nSPS) is 10.3. The summed E-state index contributed by atoms with van der Waals surface area (Å²) in [4.78, 5) is 11.1. The summed E-state index contributed by atoms with van der Waals surface area (Å²) in [5, 5.41) is 6.97. The minimum absolute atomic E-state index is 0.203. The molecule has 1 aromatic heterocycles. The maximum atomic E-state index is 11.1. The van der Waals surface area contributed by atoms with E-state index in [1.165, 1.54) is 6.07 Å². The average Bonchev–Trinajstić information content (AvgIpc) is 2.23. The van der Waals surface area contributed by atoms with Gasteiger partial charge in [0.05, 0.1) is 5.69 Å². The lowest BCUT2D eigenvalue weighted by Gasteiger charge is -2.03. The number of aryl methyl sites for hydroxylation is 1. The Hall–Kier alpha value is -1.61. The first-order valence-corrected chi connectivity index (χ1v) is 4.87. The van der Waals surface area contributed by atoms with Crippen molar-refractivity contribution in [3.8, 4) is 11.1 Å². The van der Waals surface area contributed by atoms with E-state index in [1.807, 2.05) is 19.1 Å². The molecule has 3 nitrogen and oxygen atoms in total. The smallest absolute Gasteiger partial charge is 0.264 e. The minimum atomic E-state index is -0.203. The summed E-state index contributed by atoms with van der Waals surface area (Å²) in [6.45, 7) is 1.85. The lowest BCUT2D eigenvalue weighted by atomic mass is 10.1. The molecule has 1 heterocycles. The minimum Gasteiger partial charge on any atom is -0.268 e. The Bertz CT molecular complexity index is 531. The zero-order valence-corrected chi connectivity index (χ0v) is 8.88. The predicted octanol–water partition coefficient (Wildman–Crippen LogP) is 2.40. The van der Waals surface area contributed by atoms with E-state index in [2.05, 4.69) is 10.2 Å². The SMILES string of the molecule is Cc1n[nH]c(=O)cc1-c1ccc(Cl)cc1. The van der Waals surface area contributed by atoms with Gasteiger partial charge in [0.15, 0.2) is 0 Å². The third-order valence-corrected chi connectivity index (χ3v) is 2.41. The van der Waals surface area contributed by atoms with Crippen LogP contribution < -0.4 is 5.56 Å². The number of hydrogen-bond acceptors (Lipinski definition) is 2. The van der Waals surface area contributed by atoms with Gasteiger partial charge in [-0.2, -0.15) is 5.10 Å². The molecule has 2 aromatic rings. The summed E-state index contributed by atoms with van der Waals surface area (Å²) in [5.41, 5.74) is 2.35. The maximum absolute atomic E-state index is 11.1. The summed E-state index contributed by atoms with van der Waals surface area (Å²) in [6.07, 6.45) is 0. The van der Waals surface area contributed by atoms with E-state index < -0.39 is 0 Å². The largest absolute Gasteiger partial charge is 0.268 e. The summed E-state index contributed by atoms with van der Waals surface area (Å²) >= 11 is 5.79. The van der Waals surface area contributed by atoms with Gasteiger partial charge in [-0.25, -0.2) is 5.10 Å². The fourth-order valence-corrected chi connectivity index (χ4v) is 1.51. The summed E-state index contributed by atoms with van der Waals surface area (Å²) in [7, 11) is 0. The zero-order valence-electron chi connectivity index (χ0n) is 8.12. The summed E-state index contributed by atoms with van der Waals surface area (Å²) in [5.74, 6) is 0. The van der Waals surface area contributed by atoms with Crippen molar-refractivity contribution in [1.29, 1.82) is 0 Å². The van der Waals surface area contributed by atoms with Crippen LogP contribution in [0.15, 0.2) is 35.1 Å². The lowest BCUT2D eigenvalue weighted by molar-refractivity contribution is 0.949. The zero-order chi connectivity index (χ0) is 10.8. The molecule has 0 fully saturated rings. The van der Waals surface area contributed by atoms with Crippen LogP contribution in [0.3, 0.4) is 0 Å². The molecule has 0 unspecified atom stereocenters. The highest BCUT2D eigenvalue weighted by Gasteiger charge is 2.03. The quantitative estimate of drug-likeness (QED) is 0.802. The van der Waals surface area contributed by atoms with Crippen LogP contribution in [0.1, 0.15) is 5.69 Å². The maximum Gasteiger partial charge on any atom is 0.264 e. The van der Waals surface area contributed by atoms with Crippen LogP contribution in [0.25, 0.3) is 11.1 Å². The molecule has 0 radical (unpaired) electrons. The van der Waals surface area contributed by atoms with Gasteiger partial charge in [-0.3, -0.25) is 4.79 Å². The molecule has 0 aliphatic heterocycles. The van der Waals surface area contributed by atoms with Crippen LogP contribution in [-0.4, -0.2) is 10.2 Å². The monoisotopic (exact) mass is 220 g/mol.